The average molecular weight is 461 g/mol. The topological polar surface area (TPSA) is 116 Å². The number of ether oxygens (including phenoxy) is 1. The molecule has 1 aliphatic carbocycles. The monoisotopic (exact) mass is 461 g/mol. The molecule has 2 aromatic heterocycles. The molecule has 0 radical (unpaired) electrons. The molecule has 0 saturated heterocycles. The second kappa shape index (κ2) is 8.78. The summed E-state index contributed by atoms with van der Waals surface area (Å²) in [6, 6.07) is 7.81. The summed E-state index contributed by atoms with van der Waals surface area (Å²) in [4.78, 5) is 12.8. The van der Waals surface area contributed by atoms with Crippen LogP contribution >= 0.6 is 8.17 Å². The Morgan fingerprint density at radius 3 is 2.84 bits per heavy atom. The molecule has 10 nitrogen and oxygen atoms in total. The van der Waals surface area contributed by atoms with Gasteiger partial charge in [0.25, 0.3) is 0 Å². The van der Waals surface area contributed by atoms with Crippen molar-refractivity contribution < 1.29 is 22.8 Å². The molecule has 0 unspecified atom stereocenters. The first-order chi connectivity index (χ1) is 15.6. The number of anilines is 1. The Labute approximate surface area is 186 Å². The number of nitrogens with two attached hydrogens (primary N) is 1. The summed E-state index contributed by atoms with van der Waals surface area (Å²) in [7, 11) is 0.00918. The summed E-state index contributed by atoms with van der Waals surface area (Å²) in [5.41, 5.74) is 8.16. The fraction of sp³-hybridized carbons (Fsp3) is 0.476. The van der Waals surface area contributed by atoms with E-state index >= 15 is 0 Å². The molecule has 2 aliphatic rings. The van der Waals surface area contributed by atoms with Crippen molar-refractivity contribution in [3.05, 3.63) is 36.2 Å². The zero-order valence-electron chi connectivity index (χ0n) is 18.2. The molecule has 0 amide bonds. The van der Waals surface area contributed by atoms with Gasteiger partial charge in [0.15, 0.2) is 0 Å². The quantitative estimate of drug-likeness (QED) is 0.503. The van der Waals surface area contributed by atoms with E-state index in [0.717, 1.165) is 37.1 Å². The predicted molar refractivity (Wildman–Crippen MR) is 120 cm³/mol. The zero-order chi connectivity index (χ0) is 22.1. The van der Waals surface area contributed by atoms with Crippen molar-refractivity contribution in [3.63, 3.8) is 0 Å². The van der Waals surface area contributed by atoms with E-state index in [2.05, 4.69) is 15.0 Å². The minimum absolute atomic E-state index is 0.186. The number of hydrogen-bond donors (Lipinski definition) is 1. The van der Waals surface area contributed by atoms with Gasteiger partial charge in [0, 0.05) is 0 Å². The summed E-state index contributed by atoms with van der Waals surface area (Å²) in [5, 5.41) is 0. The Hall–Kier alpha value is -2.52. The van der Waals surface area contributed by atoms with Crippen LogP contribution < -0.4 is 15.0 Å². The molecule has 3 aromatic rings. The molecule has 11 heteroatoms. The van der Waals surface area contributed by atoms with E-state index in [0.29, 0.717) is 42.1 Å². The molecular weight excluding hydrogens is 433 g/mol. The van der Waals surface area contributed by atoms with Gasteiger partial charge in [-0.2, -0.15) is 0 Å². The molecule has 0 bridgehead atoms. The second-order valence-corrected chi connectivity index (χ2v) is 10.4. The first kappa shape index (κ1) is 21.3. The van der Waals surface area contributed by atoms with Crippen LogP contribution in [0.25, 0.3) is 11.2 Å². The normalized spacial score (nSPS) is 22.6. The predicted octanol–water partition coefficient (Wildman–Crippen LogP) is 3.52. The number of aromatic nitrogens is 4. The number of hydrogen-bond acceptors (Lipinski definition) is 9. The summed E-state index contributed by atoms with van der Waals surface area (Å²) in [6.45, 7) is 1.83. The van der Waals surface area contributed by atoms with Crippen molar-refractivity contribution in [2.75, 3.05) is 26.6 Å². The molecule has 172 valence electrons. The third-order valence-corrected chi connectivity index (χ3v) is 8.12. The molecule has 2 N–H and O–H groups in total. The number of benzene rings is 1. The van der Waals surface area contributed by atoms with E-state index in [1.807, 2.05) is 28.8 Å². The van der Waals surface area contributed by atoms with Gasteiger partial charge in [-0.3, -0.25) is 0 Å². The molecule has 0 spiro atoms. The van der Waals surface area contributed by atoms with Crippen molar-refractivity contribution in [3.8, 4) is 11.6 Å². The Morgan fingerprint density at radius 1 is 1.19 bits per heavy atom. The number of fused-ring (bicyclic) bond motifs is 2. The minimum atomic E-state index is -3.13. The van der Waals surface area contributed by atoms with Crippen LogP contribution in [-0.4, -0.2) is 40.3 Å². The second-order valence-electron chi connectivity index (χ2n) is 8.20. The van der Waals surface area contributed by atoms with Gasteiger partial charge in [-0.25, -0.2) is 0 Å². The molecule has 0 atom stereocenters. The molecule has 1 saturated carbocycles. The fourth-order valence-electron chi connectivity index (χ4n) is 4.38. The van der Waals surface area contributed by atoms with E-state index in [1.165, 1.54) is 0 Å². The third-order valence-electron chi connectivity index (χ3n) is 6.10. The molecule has 3 heterocycles. The maximum atomic E-state index is 6.03. The Bertz CT molecular complexity index is 1110. The van der Waals surface area contributed by atoms with Crippen molar-refractivity contribution in [1.29, 1.82) is 0 Å². The van der Waals surface area contributed by atoms with E-state index in [-0.39, 0.29) is 5.95 Å². The molecule has 1 aliphatic heterocycles. The number of methoxy groups -OCH3 is 1. The molecule has 5 rings (SSSR count). The van der Waals surface area contributed by atoms with Crippen molar-refractivity contribution in [2.24, 2.45) is 11.8 Å². The van der Waals surface area contributed by atoms with E-state index in [4.69, 9.17) is 28.6 Å². The van der Waals surface area contributed by atoms with Gasteiger partial charge < -0.3 is 0 Å². The maximum absolute atomic E-state index is 6.03. The van der Waals surface area contributed by atoms with Crippen LogP contribution in [0, 0.1) is 11.8 Å². The van der Waals surface area contributed by atoms with Crippen LogP contribution in [0.3, 0.4) is 0 Å². The van der Waals surface area contributed by atoms with Crippen molar-refractivity contribution in [2.45, 2.75) is 32.4 Å². The standard InChI is InChI=1S/C21H28N5O5P/c1-27-20-18-19(24-21(22)25-20)26(13-23-18)11-15-9-14(10-15)7-8-29-32(28-2)30-12-16-5-3-4-6-17(16)31-32/h3-6,13-15,32H,7-12H2,1-2H3,(H2,22,24,25)/t14-,15+. The Morgan fingerprint density at radius 2 is 2.03 bits per heavy atom. The Balaban J connectivity index is 1.12. The van der Waals surface area contributed by atoms with Crippen molar-refractivity contribution in [1.82, 2.24) is 19.5 Å². The van der Waals surface area contributed by atoms with Crippen LogP contribution in [0.15, 0.2) is 30.6 Å². The van der Waals surface area contributed by atoms with Gasteiger partial charge in [0.05, 0.1) is 7.11 Å². The SMILES string of the molecule is COc1nc(N)nc2c1ncn2C[C@H]1C[C@@H](CCO[PH]2(OC)OCc3ccccc3O2)C1. The number of para-hydroxylation sites is 1. The summed E-state index contributed by atoms with van der Waals surface area (Å²) >= 11 is 0. The number of imidazole rings is 1. The van der Waals surface area contributed by atoms with Crippen molar-refractivity contribution >= 4 is 25.3 Å². The van der Waals surface area contributed by atoms with Gasteiger partial charge >= 0.3 is 179 Å². The summed E-state index contributed by atoms with van der Waals surface area (Å²) in [6.07, 6.45) is 4.96. The van der Waals surface area contributed by atoms with Gasteiger partial charge in [0.2, 0.25) is 0 Å². The molecular formula is C21H28N5O5P. The van der Waals surface area contributed by atoms with Gasteiger partial charge in [-0.15, -0.1) is 0 Å². The first-order valence-corrected chi connectivity index (χ1v) is 12.3. The number of nitrogens with zero attached hydrogens (tertiary/aromatic N) is 4. The number of rotatable bonds is 8. The third kappa shape index (κ3) is 4.11. The summed E-state index contributed by atoms with van der Waals surface area (Å²) < 4.78 is 30.7. The van der Waals surface area contributed by atoms with Gasteiger partial charge in [-0.1, -0.05) is 0 Å². The van der Waals surface area contributed by atoms with Crippen LogP contribution in [-0.2, 0) is 26.7 Å². The first-order valence-electron chi connectivity index (χ1n) is 10.7. The molecule has 32 heavy (non-hydrogen) atoms. The van der Waals surface area contributed by atoms with Gasteiger partial charge in [0.1, 0.15) is 0 Å². The van der Waals surface area contributed by atoms with Crippen LogP contribution in [0.2, 0.25) is 0 Å². The Kier molecular flexibility index (Phi) is 5.86. The van der Waals surface area contributed by atoms with E-state index < -0.39 is 8.17 Å². The van der Waals surface area contributed by atoms with E-state index in [1.54, 1.807) is 20.5 Å². The van der Waals surface area contributed by atoms with Gasteiger partial charge in [-0.05, 0) is 0 Å². The zero-order valence-corrected chi connectivity index (χ0v) is 19.2. The van der Waals surface area contributed by atoms with Crippen LogP contribution in [0.1, 0.15) is 24.8 Å². The fourth-order valence-corrected chi connectivity index (χ4v) is 6.07. The van der Waals surface area contributed by atoms with Crippen LogP contribution in [0.5, 0.6) is 11.6 Å². The van der Waals surface area contributed by atoms with Crippen LogP contribution in [0.4, 0.5) is 5.95 Å². The average Bonchev–Trinajstić information content (AvgIpc) is 3.19. The molecule has 1 aromatic carbocycles. The summed E-state index contributed by atoms with van der Waals surface area (Å²) in [5.74, 6) is 2.53. The number of nitrogen functional groups attached to an aromatic ring is 1. The molecule has 1 fully saturated rings. The van der Waals surface area contributed by atoms with E-state index in [9.17, 15) is 0 Å².